The van der Waals surface area contributed by atoms with Crippen molar-refractivity contribution in [2.75, 3.05) is 13.2 Å². The number of sulfonamides is 1. The molecule has 1 N–H and O–H groups in total. The van der Waals surface area contributed by atoms with Gasteiger partial charge in [0, 0.05) is 23.1 Å². The summed E-state index contributed by atoms with van der Waals surface area (Å²) in [6.45, 7) is -0.0295. The standard InChI is InChI=1S/C11H13BrN2O5S/c12-8-3-4-10(14(16)17)11(6-8)20(18,19)13-5-1-2-9(13)7-15/h3-4,6,9,15H,1-2,5,7H2/t9-/m0/s1. The average molecular weight is 365 g/mol. The van der Waals surface area contributed by atoms with Gasteiger partial charge in [-0.15, -0.1) is 0 Å². The largest absolute Gasteiger partial charge is 0.395 e. The monoisotopic (exact) mass is 364 g/mol. The molecular weight excluding hydrogens is 352 g/mol. The highest BCUT2D eigenvalue weighted by molar-refractivity contribution is 9.10. The normalized spacial score (nSPS) is 20.2. The summed E-state index contributed by atoms with van der Waals surface area (Å²) in [7, 11) is -4.00. The second kappa shape index (κ2) is 5.76. The number of benzene rings is 1. The molecule has 0 saturated carbocycles. The van der Waals surface area contributed by atoms with Crippen molar-refractivity contribution in [2.45, 2.75) is 23.8 Å². The van der Waals surface area contributed by atoms with Crippen LogP contribution in [0.3, 0.4) is 0 Å². The fraction of sp³-hybridized carbons (Fsp3) is 0.455. The van der Waals surface area contributed by atoms with E-state index in [9.17, 15) is 23.6 Å². The van der Waals surface area contributed by atoms with E-state index in [1.54, 1.807) is 0 Å². The predicted molar refractivity (Wildman–Crippen MR) is 74.8 cm³/mol. The summed E-state index contributed by atoms with van der Waals surface area (Å²) in [5, 5.41) is 20.2. The molecule has 9 heteroatoms. The Morgan fingerprint density at radius 3 is 2.80 bits per heavy atom. The van der Waals surface area contributed by atoms with E-state index < -0.39 is 26.7 Å². The van der Waals surface area contributed by atoms with Crippen LogP contribution in [0.25, 0.3) is 0 Å². The lowest BCUT2D eigenvalue weighted by Crippen LogP contribution is -2.37. The van der Waals surface area contributed by atoms with Gasteiger partial charge in [0.2, 0.25) is 10.0 Å². The number of aliphatic hydroxyl groups excluding tert-OH is 1. The zero-order valence-electron chi connectivity index (χ0n) is 10.4. The summed E-state index contributed by atoms with van der Waals surface area (Å²) in [6.07, 6.45) is 1.18. The number of halogens is 1. The van der Waals surface area contributed by atoms with Crippen molar-refractivity contribution in [3.63, 3.8) is 0 Å². The third-order valence-corrected chi connectivity index (χ3v) is 5.71. The molecular formula is C11H13BrN2O5S. The maximum Gasteiger partial charge on any atom is 0.289 e. The molecule has 0 radical (unpaired) electrons. The second-order valence-electron chi connectivity index (χ2n) is 4.46. The summed E-state index contributed by atoms with van der Waals surface area (Å²) in [4.78, 5) is 9.93. The summed E-state index contributed by atoms with van der Waals surface area (Å²) >= 11 is 3.12. The molecule has 0 unspecified atom stereocenters. The number of aliphatic hydroxyl groups is 1. The lowest BCUT2D eigenvalue weighted by Gasteiger charge is -2.22. The number of nitro benzene ring substituents is 1. The lowest BCUT2D eigenvalue weighted by atomic mass is 10.2. The average Bonchev–Trinajstić information content (AvgIpc) is 2.87. The molecule has 2 rings (SSSR count). The highest BCUT2D eigenvalue weighted by Crippen LogP contribution is 2.33. The molecule has 0 bridgehead atoms. The van der Waals surface area contributed by atoms with Crippen LogP contribution >= 0.6 is 15.9 Å². The van der Waals surface area contributed by atoms with Crippen LogP contribution in [0.1, 0.15) is 12.8 Å². The molecule has 110 valence electrons. The summed E-state index contributed by atoms with van der Waals surface area (Å²) in [5.41, 5.74) is -0.461. The van der Waals surface area contributed by atoms with Gasteiger partial charge in [0.1, 0.15) is 0 Å². The van der Waals surface area contributed by atoms with Gasteiger partial charge in [-0.3, -0.25) is 10.1 Å². The van der Waals surface area contributed by atoms with Crippen molar-refractivity contribution in [1.29, 1.82) is 0 Å². The molecule has 0 aliphatic carbocycles. The van der Waals surface area contributed by atoms with Crippen molar-refractivity contribution in [1.82, 2.24) is 4.31 Å². The smallest absolute Gasteiger partial charge is 0.289 e. The zero-order valence-corrected chi connectivity index (χ0v) is 12.8. The fourth-order valence-corrected chi connectivity index (χ4v) is 4.66. The van der Waals surface area contributed by atoms with E-state index in [2.05, 4.69) is 15.9 Å². The Balaban J connectivity index is 2.54. The van der Waals surface area contributed by atoms with Gasteiger partial charge in [-0.05, 0) is 25.0 Å². The molecule has 20 heavy (non-hydrogen) atoms. The Labute approximate surface area is 124 Å². The maximum absolute atomic E-state index is 12.6. The first-order chi connectivity index (χ1) is 9.37. The van der Waals surface area contributed by atoms with Gasteiger partial charge in [0.25, 0.3) is 5.69 Å². The first kappa shape index (κ1) is 15.4. The van der Waals surface area contributed by atoms with Crippen LogP contribution in [0.5, 0.6) is 0 Å². The van der Waals surface area contributed by atoms with Gasteiger partial charge in [-0.1, -0.05) is 15.9 Å². The molecule has 1 aliphatic rings. The molecule has 0 aromatic heterocycles. The molecule has 0 amide bonds. The van der Waals surface area contributed by atoms with Gasteiger partial charge >= 0.3 is 0 Å². The lowest BCUT2D eigenvalue weighted by molar-refractivity contribution is -0.387. The van der Waals surface area contributed by atoms with Gasteiger partial charge in [-0.2, -0.15) is 4.31 Å². The quantitative estimate of drug-likeness (QED) is 0.644. The first-order valence-electron chi connectivity index (χ1n) is 5.94. The van der Waals surface area contributed by atoms with Crippen LogP contribution < -0.4 is 0 Å². The molecule has 1 heterocycles. The number of rotatable bonds is 4. The zero-order chi connectivity index (χ0) is 14.9. The number of hydrogen-bond donors (Lipinski definition) is 1. The van der Waals surface area contributed by atoms with E-state index in [0.717, 1.165) is 10.4 Å². The van der Waals surface area contributed by atoms with Crippen LogP contribution in [-0.2, 0) is 10.0 Å². The van der Waals surface area contributed by atoms with Gasteiger partial charge < -0.3 is 5.11 Å². The van der Waals surface area contributed by atoms with Crippen molar-refractivity contribution in [3.8, 4) is 0 Å². The Bertz CT molecular complexity index is 634. The second-order valence-corrected chi connectivity index (χ2v) is 7.24. The number of nitrogens with zero attached hydrogens (tertiary/aromatic N) is 2. The van der Waals surface area contributed by atoms with E-state index in [-0.39, 0.29) is 18.0 Å². The summed E-state index contributed by atoms with van der Waals surface area (Å²) < 4.78 is 26.7. The predicted octanol–water partition coefficient (Wildman–Crippen LogP) is 1.50. The molecule has 7 nitrogen and oxygen atoms in total. The highest BCUT2D eigenvalue weighted by atomic mass is 79.9. The molecule has 0 spiro atoms. The SMILES string of the molecule is O=[N+]([O-])c1ccc(Br)cc1S(=O)(=O)N1CCC[C@H]1CO. The third kappa shape index (κ3) is 2.71. The first-order valence-corrected chi connectivity index (χ1v) is 8.18. The Morgan fingerprint density at radius 1 is 1.50 bits per heavy atom. The number of nitro groups is 1. The Hall–Kier alpha value is -1.03. The maximum atomic E-state index is 12.6. The third-order valence-electron chi connectivity index (χ3n) is 3.24. The minimum Gasteiger partial charge on any atom is -0.395 e. The molecule has 1 fully saturated rings. The van der Waals surface area contributed by atoms with E-state index in [1.807, 2.05) is 0 Å². The molecule has 1 saturated heterocycles. The van der Waals surface area contributed by atoms with Crippen LogP contribution in [0.2, 0.25) is 0 Å². The summed E-state index contributed by atoms with van der Waals surface area (Å²) in [5.74, 6) is 0. The minimum absolute atomic E-state index is 0.261. The van der Waals surface area contributed by atoms with Crippen molar-refractivity contribution in [3.05, 3.63) is 32.8 Å². The van der Waals surface area contributed by atoms with Crippen LogP contribution in [0, 0.1) is 10.1 Å². The van der Waals surface area contributed by atoms with E-state index in [1.165, 1.54) is 12.1 Å². The van der Waals surface area contributed by atoms with E-state index in [4.69, 9.17) is 0 Å². The van der Waals surface area contributed by atoms with Crippen molar-refractivity contribution < 1.29 is 18.4 Å². The molecule has 1 aromatic carbocycles. The minimum atomic E-state index is -4.00. The highest BCUT2D eigenvalue weighted by Gasteiger charge is 2.38. The Kier molecular flexibility index (Phi) is 4.43. The van der Waals surface area contributed by atoms with E-state index in [0.29, 0.717) is 17.3 Å². The molecule has 1 aromatic rings. The molecule has 1 aliphatic heterocycles. The van der Waals surface area contributed by atoms with Crippen LogP contribution in [0.4, 0.5) is 5.69 Å². The van der Waals surface area contributed by atoms with Crippen molar-refractivity contribution >= 4 is 31.6 Å². The topological polar surface area (TPSA) is 101 Å². The number of hydrogen-bond acceptors (Lipinski definition) is 5. The van der Waals surface area contributed by atoms with Crippen LogP contribution in [0.15, 0.2) is 27.6 Å². The van der Waals surface area contributed by atoms with Gasteiger partial charge in [0.15, 0.2) is 4.90 Å². The van der Waals surface area contributed by atoms with Crippen molar-refractivity contribution in [2.24, 2.45) is 0 Å². The van der Waals surface area contributed by atoms with Gasteiger partial charge in [-0.25, -0.2) is 8.42 Å². The summed E-state index contributed by atoms with van der Waals surface area (Å²) in [6, 6.07) is 3.28. The Morgan fingerprint density at radius 2 is 2.20 bits per heavy atom. The fourth-order valence-electron chi connectivity index (χ4n) is 2.28. The molecule has 1 atom stereocenters. The van der Waals surface area contributed by atoms with Crippen LogP contribution in [-0.4, -0.2) is 41.9 Å². The van der Waals surface area contributed by atoms with E-state index >= 15 is 0 Å². The van der Waals surface area contributed by atoms with Gasteiger partial charge in [0.05, 0.1) is 11.5 Å².